The smallest absolute Gasteiger partial charge is 0.135 e. The Labute approximate surface area is 133 Å². The molecule has 3 rings (SSSR count). The van der Waals surface area contributed by atoms with E-state index in [2.05, 4.69) is 42.2 Å². The summed E-state index contributed by atoms with van der Waals surface area (Å²) >= 11 is 7.55. The highest BCUT2D eigenvalue weighted by Crippen LogP contribution is 2.32. The molecule has 0 spiro atoms. The topological polar surface area (TPSA) is 38.9 Å². The molecule has 1 heterocycles. The van der Waals surface area contributed by atoms with Crippen LogP contribution in [-0.2, 0) is 6.42 Å². The molecule has 0 unspecified atom stereocenters. The van der Waals surface area contributed by atoms with Gasteiger partial charge in [-0.05, 0) is 41.3 Å². The van der Waals surface area contributed by atoms with Crippen molar-refractivity contribution in [3.05, 3.63) is 58.4 Å². The Balaban J connectivity index is 2.11. The van der Waals surface area contributed by atoms with Gasteiger partial charge in [-0.3, -0.25) is 0 Å². The fourth-order valence-electron chi connectivity index (χ4n) is 2.33. The summed E-state index contributed by atoms with van der Waals surface area (Å²) in [7, 11) is 0. The van der Waals surface area contributed by atoms with Gasteiger partial charge in [0.2, 0.25) is 0 Å². The van der Waals surface area contributed by atoms with Crippen molar-refractivity contribution < 1.29 is 0 Å². The van der Waals surface area contributed by atoms with Crippen molar-refractivity contribution in [1.29, 1.82) is 0 Å². The van der Waals surface area contributed by atoms with Crippen LogP contribution in [0.2, 0.25) is 5.02 Å². The molecule has 0 radical (unpaired) electrons. The third-order valence-corrected chi connectivity index (χ3v) is 4.58. The number of hydrogen-bond donors (Lipinski definition) is 1. The molecule has 1 aromatic heterocycles. The Morgan fingerprint density at radius 2 is 1.81 bits per heavy atom. The average molecular weight is 315 g/mol. The normalized spacial score (nSPS) is 10.8. The number of halogens is 1. The van der Waals surface area contributed by atoms with Gasteiger partial charge in [-0.15, -0.1) is 11.3 Å². The van der Waals surface area contributed by atoms with Gasteiger partial charge in [0.1, 0.15) is 10.8 Å². The van der Waals surface area contributed by atoms with Crippen LogP contribution in [0, 0.1) is 0 Å². The van der Waals surface area contributed by atoms with E-state index in [9.17, 15) is 0 Å². The first-order valence-electron chi connectivity index (χ1n) is 6.77. The fourth-order valence-corrected chi connectivity index (χ4v) is 3.17. The van der Waals surface area contributed by atoms with Gasteiger partial charge in [0, 0.05) is 16.0 Å². The molecule has 0 aliphatic rings. The molecule has 0 saturated carbocycles. The Morgan fingerprint density at radius 1 is 1.10 bits per heavy atom. The van der Waals surface area contributed by atoms with Gasteiger partial charge >= 0.3 is 0 Å². The Hall–Kier alpha value is -1.84. The average Bonchev–Trinajstić information content (AvgIpc) is 2.94. The molecule has 4 heteroatoms. The number of thiazole rings is 1. The van der Waals surface area contributed by atoms with Gasteiger partial charge in [-0.2, -0.15) is 0 Å². The Morgan fingerprint density at radius 3 is 2.43 bits per heavy atom. The minimum atomic E-state index is 0.572. The van der Waals surface area contributed by atoms with Gasteiger partial charge < -0.3 is 5.73 Å². The van der Waals surface area contributed by atoms with Crippen LogP contribution in [0.25, 0.3) is 21.7 Å². The molecule has 0 fully saturated rings. The van der Waals surface area contributed by atoms with Crippen molar-refractivity contribution in [3.8, 4) is 21.7 Å². The van der Waals surface area contributed by atoms with Crippen molar-refractivity contribution >= 4 is 28.8 Å². The first-order chi connectivity index (χ1) is 10.2. The lowest BCUT2D eigenvalue weighted by Gasteiger charge is -2.10. The van der Waals surface area contributed by atoms with Crippen molar-refractivity contribution in [2.24, 2.45) is 0 Å². The van der Waals surface area contributed by atoms with Crippen LogP contribution in [0.5, 0.6) is 0 Å². The third-order valence-electron chi connectivity index (χ3n) is 3.41. The monoisotopic (exact) mass is 314 g/mol. The second-order valence-corrected chi connectivity index (χ2v) is 6.10. The van der Waals surface area contributed by atoms with E-state index >= 15 is 0 Å². The second kappa shape index (κ2) is 5.88. The van der Waals surface area contributed by atoms with E-state index in [1.165, 1.54) is 16.7 Å². The predicted molar refractivity (Wildman–Crippen MR) is 91.8 cm³/mol. The van der Waals surface area contributed by atoms with E-state index in [1.807, 2.05) is 17.5 Å². The number of nitrogens with zero attached hydrogens (tertiary/aromatic N) is 1. The highest BCUT2D eigenvalue weighted by atomic mass is 35.5. The molecule has 3 aromatic rings. The SMILES string of the molecule is CCc1ccc(-c2nc(N)cs2)cc1-c1ccc(Cl)cc1. The summed E-state index contributed by atoms with van der Waals surface area (Å²) in [5.41, 5.74) is 10.5. The molecule has 0 bridgehead atoms. The fraction of sp³-hybridized carbons (Fsp3) is 0.118. The molecule has 2 aromatic carbocycles. The Bertz CT molecular complexity index is 763. The van der Waals surface area contributed by atoms with E-state index in [-0.39, 0.29) is 0 Å². The molecular formula is C17H15ClN2S. The minimum Gasteiger partial charge on any atom is -0.383 e. The number of rotatable bonds is 3. The summed E-state index contributed by atoms with van der Waals surface area (Å²) < 4.78 is 0. The molecule has 0 aliphatic heterocycles. The van der Waals surface area contributed by atoms with E-state index in [1.54, 1.807) is 11.3 Å². The standard InChI is InChI=1S/C17H15ClN2S/c1-2-11-3-4-13(17-20-16(19)10-21-17)9-15(11)12-5-7-14(18)8-6-12/h3-10H,2,19H2,1H3. The second-order valence-electron chi connectivity index (χ2n) is 4.81. The summed E-state index contributed by atoms with van der Waals surface area (Å²) in [6, 6.07) is 14.4. The first kappa shape index (κ1) is 14.1. The number of anilines is 1. The number of benzene rings is 2. The molecule has 21 heavy (non-hydrogen) atoms. The molecule has 0 saturated heterocycles. The maximum Gasteiger partial charge on any atom is 0.135 e. The van der Waals surface area contributed by atoms with Gasteiger partial charge in [0.15, 0.2) is 0 Å². The zero-order valence-corrected chi connectivity index (χ0v) is 13.2. The minimum absolute atomic E-state index is 0.572. The largest absolute Gasteiger partial charge is 0.383 e. The first-order valence-corrected chi connectivity index (χ1v) is 8.03. The van der Waals surface area contributed by atoms with E-state index in [0.29, 0.717) is 5.82 Å². The third kappa shape index (κ3) is 2.94. The maximum atomic E-state index is 5.98. The van der Waals surface area contributed by atoms with Gasteiger partial charge in [-0.25, -0.2) is 4.98 Å². The summed E-state index contributed by atoms with van der Waals surface area (Å²) in [6.07, 6.45) is 0.984. The van der Waals surface area contributed by atoms with Crippen molar-refractivity contribution in [1.82, 2.24) is 4.98 Å². The molecule has 0 amide bonds. The molecule has 106 valence electrons. The maximum absolute atomic E-state index is 5.98. The molecular weight excluding hydrogens is 300 g/mol. The molecule has 2 nitrogen and oxygen atoms in total. The van der Waals surface area contributed by atoms with E-state index in [4.69, 9.17) is 17.3 Å². The van der Waals surface area contributed by atoms with Crippen LogP contribution in [0.1, 0.15) is 12.5 Å². The molecule has 0 atom stereocenters. The van der Waals surface area contributed by atoms with Crippen LogP contribution >= 0.6 is 22.9 Å². The van der Waals surface area contributed by atoms with E-state index < -0.39 is 0 Å². The van der Waals surface area contributed by atoms with E-state index in [0.717, 1.165) is 22.0 Å². The number of hydrogen-bond acceptors (Lipinski definition) is 3. The summed E-state index contributed by atoms with van der Waals surface area (Å²) in [5, 5.41) is 3.57. The lowest BCUT2D eigenvalue weighted by molar-refractivity contribution is 1.14. The van der Waals surface area contributed by atoms with Crippen LogP contribution in [0.4, 0.5) is 5.82 Å². The predicted octanol–water partition coefficient (Wildman–Crippen LogP) is 5.28. The molecule has 0 aliphatic carbocycles. The number of aryl methyl sites for hydroxylation is 1. The highest BCUT2D eigenvalue weighted by Gasteiger charge is 2.09. The van der Waals surface area contributed by atoms with Crippen LogP contribution in [0.15, 0.2) is 47.8 Å². The highest BCUT2D eigenvalue weighted by molar-refractivity contribution is 7.13. The quantitative estimate of drug-likeness (QED) is 0.714. The zero-order chi connectivity index (χ0) is 14.8. The van der Waals surface area contributed by atoms with Crippen molar-refractivity contribution in [3.63, 3.8) is 0 Å². The van der Waals surface area contributed by atoms with Crippen LogP contribution in [0.3, 0.4) is 0 Å². The number of nitrogens with two attached hydrogens (primary N) is 1. The number of aromatic nitrogens is 1. The number of nitrogen functional groups attached to an aromatic ring is 1. The van der Waals surface area contributed by atoms with Gasteiger partial charge in [0.05, 0.1) is 0 Å². The lowest BCUT2D eigenvalue weighted by atomic mass is 9.96. The van der Waals surface area contributed by atoms with Crippen LogP contribution in [-0.4, -0.2) is 4.98 Å². The van der Waals surface area contributed by atoms with Crippen molar-refractivity contribution in [2.45, 2.75) is 13.3 Å². The van der Waals surface area contributed by atoms with Crippen molar-refractivity contribution in [2.75, 3.05) is 5.73 Å². The summed E-state index contributed by atoms with van der Waals surface area (Å²) in [5.74, 6) is 0.572. The van der Waals surface area contributed by atoms with Crippen LogP contribution < -0.4 is 5.73 Å². The summed E-state index contributed by atoms with van der Waals surface area (Å²) in [6.45, 7) is 2.16. The van der Waals surface area contributed by atoms with Gasteiger partial charge in [-0.1, -0.05) is 42.8 Å². The van der Waals surface area contributed by atoms with Gasteiger partial charge in [0.25, 0.3) is 0 Å². The summed E-state index contributed by atoms with van der Waals surface area (Å²) in [4.78, 5) is 4.36. The molecule has 2 N–H and O–H groups in total. The Kier molecular flexibility index (Phi) is 3.95. The zero-order valence-electron chi connectivity index (χ0n) is 11.6. The lowest BCUT2D eigenvalue weighted by Crippen LogP contribution is -1.90.